The number of para-hydroxylation sites is 1. The molecule has 5 rings (SSSR count). The zero-order valence-corrected chi connectivity index (χ0v) is 17.2. The minimum absolute atomic E-state index is 0.105. The molecule has 31 heavy (non-hydrogen) atoms. The lowest BCUT2D eigenvalue weighted by Crippen LogP contribution is -2.19. The van der Waals surface area contributed by atoms with Gasteiger partial charge in [0.15, 0.2) is 0 Å². The van der Waals surface area contributed by atoms with Crippen LogP contribution in [0.5, 0.6) is 0 Å². The lowest BCUT2D eigenvalue weighted by atomic mass is 10.0. The molecule has 0 unspecified atom stereocenters. The van der Waals surface area contributed by atoms with Crippen LogP contribution < -0.4 is 11.0 Å². The Kier molecular flexibility index (Phi) is 4.40. The molecule has 0 aliphatic carbocycles. The second-order valence-corrected chi connectivity index (χ2v) is 7.50. The third kappa shape index (κ3) is 3.18. The van der Waals surface area contributed by atoms with Crippen LogP contribution in [0.4, 0.5) is 5.69 Å². The highest BCUT2D eigenvalue weighted by molar-refractivity contribution is 6.13. The van der Waals surface area contributed by atoms with E-state index < -0.39 is 0 Å². The van der Waals surface area contributed by atoms with Crippen LogP contribution in [-0.4, -0.2) is 20.0 Å². The second kappa shape index (κ2) is 7.25. The fourth-order valence-electron chi connectivity index (χ4n) is 3.90. The van der Waals surface area contributed by atoms with Gasteiger partial charge in [-0.2, -0.15) is 0 Å². The van der Waals surface area contributed by atoms with Crippen molar-refractivity contribution >= 4 is 33.5 Å². The summed E-state index contributed by atoms with van der Waals surface area (Å²) in [6.07, 6.45) is 0. The Morgan fingerprint density at radius 2 is 1.55 bits per heavy atom. The molecule has 0 bridgehead atoms. The quantitative estimate of drug-likeness (QED) is 0.483. The molecular weight excluding hydrogens is 388 g/mol. The maximum atomic E-state index is 13.3. The fraction of sp³-hybridized carbons (Fsp3) is 0.0800. The van der Waals surface area contributed by atoms with E-state index >= 15 is 0 Å². The van der Waals surface area contributed by atoms with E-state index in [0.717, 1.165) is 33.2 Å². The molecule has 1 N–H and O–H groups in total. The molecule has 152 valence electrons. The van der Waals surface area contributed by atoms with Crippen molar-refractivity contribution in [1.29, 1.82) is 0 Å². The van der Waals surface area contributed by atoms with Crippen LogP contribution in [0.25, 0.3) is 33.2 Å². The van der Waals surface area contributed by atoms with Crippen molar-refractivity contribution in [2.75, 3.05) is 5.32 Å². The summed E-state index contributed by atoms with van der Waals surface area (Å²) in [5.74, 6) is -0.226. The predicted molar refractivity (Wildman–Crippen MR) is 123 cm³/mol. The van der Waals surface area contributed by atoms with E-state index in [1.807, 2.05) is 72.8 Å². The van der Waals surface area contributed by atoms with E-state index in [2.05, 4.69) is 5.32 Å². The van der Waals surface area contributed by atoms with Crippen molar-refractivity contribution in [3.63, 3.8) is 0 Å². The van der Waals surface area contributed by atoms with Crippen molar-refractivity contribution in [3.05, 3.63) is 94.9 Å². The number of fused-ring (bicyclic) bond motifs is 2. The zero-order valence-electron chi connectivity index (χ0n) is 17.2. The molecule has 0 atom stereocenters. The van der Waals surface area contributed by atoms with Crippen molar-refractivity contribution < 1.29 is 4.79 Å². The van der Waals surface area contributed by atoms with Gasteiger partial charge in [-0.15, -0.1) is 0 Å². The third-order valence-electron chi connectivity index (χ3n) is 5.56. The van der Waals surface area contributed by atoms with Gasteiger partial charge in [-0.25, -0.2) is 9.78 Å². The second-order valence-electron chi connectivity index (χ2n) is 7.50. The highest BCUT2D eigenvalue weighted by atomic mass is 16.2. The number of amides is 1. The van der Waals surface area contributed by atoms with Crippen LogP contribution in [0.15, 0.2) is 83.7 Å². The maximum Gasteiger partial charge on any atom is 0.328 e. The summed E-state index contributed by atoms with van der Waals surface area (Å²) >= 11 is 0. The fourth-order valence-corrected chi connectivity index (χ4v) is 3.90. The molecule has 0 fully saturated rings. The summed E-state index contributed by atoms with van der Waals surface area (Å²) in [6.45, 7) is 0. The highest BCUT2D eigenvalue weighted by Gasteiger charge is 2.15. The third-order valence-corrected chi connectivity index (χ3v) is 5.56. The molecule has 3 aromatic carbocycles. The number of aryl methyl sites for hydroxylation is 2. The van der Waals surface area contributed by atoms with Gasteiger partial charge in [0, 0.05) is 30.7 Å². The average molecular weight is 408 g/mol. The number of pyridine rings is 1. The number of anilines is 1. The maximum absolute atomic E-state index is 13.3. The number of aromatic nitrogens is 3. The molecule has 0 radical (unpaired) electrons. The normalized spacial score (nSPS) is 11.2. The number of hydrogen-bond donors (Lipinski definition) is 1. The Morgan fingerprint density at radius 1 is 0.839 bits per heavy atom. The molecule has 6 nitrogen and oxygen atoms in total. The molecule has 2 aromatic heterocycles. The number of carbonyl (C=O) groups excluding carboxylic acids is 1. The molecular formula is C25H20N4O2. The van der Waals surface area contributed by atoms with E-state index in [1.165, 1.54) is 0 Å². The largest absolute Gasteiger partial charge is 0.328 e. The Morgan fingerprint density at radius 3 is 2.35 bits per heavy atom. The summed E-state index contributed by atoms with van der Waals surface area (Å²) < 4.78 is 3.16. The van der Waals surface area contributed by atoms with Crippen LogP contribution in [0.1, 0.15) is 10.4 Å². The van der Waals surface area contributed by atoms with Crippen LogP contribution in [0.2, 0.25) is 0 Å². The van der Waals surface area contributed by atoms with Gasteiger partial charge in [0.1, 0.15) is 0 Å². The Hall–Kier alpha value is -4.19. The Labute approximate surface area is 178 Å². The van der Waals surface area contributed by atoms with Crippen molar-refractivity contribution in [3.8, 4) is 11.3 Å². The lowest BCUT2D eigenvalue weighted by Gasteiger charge is -2.11. The van der Waals surface area contributed by atoms with Crippen LogP contribution in [0.3, 0.4) is 0 Å². The minimum Gasteiger partial charge on any atom is -0.322 e. The summed E-state index contributed by atoms with van der Waals surface area (Å²) in [6, 6.07) is 24.7. The number of hydrogen-bond acceptors (Lipinski definition) is 3. The van der Waals surface area contributed by atoms with Gasteiger partial charge >= 0.3 is 5.69 Å². The molecule has 0 saturated carbocycles. The van der Waals surface area contributed by atoms with Crippen LogP contribution in [-0.2, 0) is 14.1 Å². The molecule has 0 spiro atoms. The number of benzene rings is 3. The SMILES string of the molecule is Cn1c(=O)n(C)c2cc(NC(=O)c3cc(-c4ccccc4)nc4ccccc34)ccc21. The van der Waals surface area contributed by atoms with Gasteiger partial charge in [-0.3, -0.25) is 13.9 Å². The average Bonchev–Trinajstić information content (AvgIpc) is 3.02. The van der Waals surface area contributed by atoms with Gasteiger partial charge in [0.2, 0.25) is 0 Å². The Bertz CT molecular complexity index is 1510. The zero-order chi connectivity index (χ0) is 21.5. The van der Waals surface area contributed by atoms with Crippen LogP contribution in [0, 0.1) is 0 Å². The number of nitrogens with zero attached hydrogens (tertiary/aromatic N) is 3. The van der Waals surface area contributed by atoms with Gasteiger partial charge in [-0.1, -0.05) is 48.5 Å². The van der Waals surface area contributed by atoms with Gasteiger partial charge < -0.3 is 5.32 Å². The predicted octanol–water partition coefficient (Wildman–Crippen LogP) is 4.34. The number of carbonyl (C=O) groups is 1. The van der Waals surface area contributed by atoms with E-state index in [1.54, 1.807) is 29.3 Å². The standard InChI is InChI=1S/C25H20N4O2/c1-28-22-13-12-17(14-23(22)29(2)25(28)31)26-24(30)19-15-21(16-8-4-3-5-9-16)27-20-11-7-6-10-18(19)20/h3-15H,1-2H3,(H,26,30). The van der Waals surface area contributed by atoms with Crippen LogP contribution >= 0.6 is 0 Å². The number of nitrogens with one attached hydrogen (secondary N) is 1. The first-order valence-corrected chi connectivity index (χ1v) is 9.95. The first-order valence-electron chi connectivity index (χ1n) is 9.95. The van der Waals surface area contributed by atoms with E-state index in [-0.39, 0.29) is 11.6 Å². The summed E-state index contributed by atoms with van der Waals surface area (Å²) in [4.78, 5) is 30.2. The molecule has 0 aliphatic rings. The number of rotatable bonds is 3. The lowest BCUT2D eigenvalue weighted by molar-refractivity contribution is 0.102. The van der Waals surface area contributed by atoms with Gasteiger partial charge in [0.25, 0.3) is 5.91 Å². The minimum atomic E-state index is -0.226. The molecule has 2 heterocycles. The summed E-state index contributed by atoms with van der Waals surface area (Å²) in [7, 11) is 3.45. The Balaban J connectivity index is 1.59. The van der Waals surface area contributed by atoms with E-state index in [9.17, 15) is 9.59 Å². The first kappa shape index (κ1) is 18.8. The molecule has 5 aromatic rings. The van der Waals surface area contributed by atoms with E-state index in [0.29, 0.717) is 11.3 Å². The van der Waals surface area contributed by atoms with Gasteiger partial charge in [0.05, 0.1) is 27.8 Å². The van der Waals surface area contributed by atoms with Crippen molar-refractivity contribution in [2.24, 2.45) is 14.1 Å². The smallest absolute Gasteiger partial charge is 0.322 e. The van der Waals surface area contributed by atoms with Gasteiger partial charge in [-0.05, 0) is 30.3 Å². The molecule has 0 saturated heterocycles. The first-order chi connectivity index (χ1) is 15.0. The van der Waals surface area contributed by atoms with Crippen molar-refractivity contribution in [1.82, 2.24) is 14.1 Å². The van der Waals surface area contributed by atoms with E-state index in [4.69, 9.17) is 4.98 Å². The van der Waals surface area contributed by atoms with Crippen molar-refractivity contribution in [2.45, 2.75) is 0 Å². The molecule has 6 heteroatoms. The summed E-state index contributed by atoms with van der Waals surface area (Å²) in [5, 5.41) is 3.77. The summed E-state index contributed by atoms with van der Waals surface area (Å²) in [5.41, 5.74) is 5.09. The number of imidazole rings is 1. The highest BCUT2D eigenvalue weighted by Crippen LogP contribution is 2.26. The molecule has 0 aliphatic heterocycles. The topological polar surface area (TPSA) is 68.9 Å². The molecule has 1 amide bonds. The monoisotopic (exact) mass is 408 g/mol.